The molecule has 0 saturated heterocycles. The van der Waals surface area contributed by atoms with Crippen LogP contribution in [0.15, 0.2) is 65.1 Å². The predicted octanol–water partition coefficient (Wildman–Crippen LogP) is 4.23. The Morgan fingerprint density at radius 2 is 1.67 bits per heavy atom. The highest BCUT2D eigenvalue weighted by Gasteiger charge is 2.23. The minimum absolute atomic E-state index is 0.0730. The summed E-state index contributed by atoms with van der Waals surface area (Å²) in [5, 5.41) is 5.61. The molecule has 136 valence electrons. The first-order valence-electron chi connectivity index (χ1n) is 8.67. The molecule has 2 N–H and O–H groups in total. The van der Waals surface area contributed by atoms with E-state index in [4.69, 9.17) is 4.42 Å². The fourth-order valence-corrected chi connectivity index (χ4v) is 2.66. The third-order valence-corrected chi connectivity index (χ3v) is 4.29. The molecule has 6 heteroatoms. The second kappa shape index (κ2) is 7.07. The second-order valence-electron chi connectivity index (χ2n) is 6.42. The predicted molar refractivity (Wildman–Crippen MR) is 99.0 cm³/mol. The Balaban J connectivity index is 1.43. The Labute approximate surface area is 155 Å². The number of nitrogens with one attached hydrogen (secondary N) is 2. The highest BCUT2D eigenvalue weighted by Crippen LogP contribution is 2.25. The largest absolute Gasteiger partial charge is 0.451 e. The zero-order valence-electron chi connectivity index (χ0n) is 14.4. The van der Waals surface area contributed by atoms with E-state index in [0.29, 0.717) is 22.9 Å². The van der Waals surface area contributed by atoms with Crippen LogP contribution in [0.5, 0.6) is 0 Å². The van der Waals surface area contributed by atoms with E-state index in [9.17, 15) is 14.0 Å². The van der Waals surface area contributed by atoms with E-state index in [0.717, 1.165) is 12.8 Å². The van der Waals surface area contributed by atoms with Crippen LogP contribution >= 0.6 is 0 Å². The van der Waals surface area contributed by atoms with Gasteiger partial charge in [-0.1, -0.05) is 12.1 Å². The van der Waals surface area contributed by atoms with Crippen LogP contribution < -0.4 is 10.6 Å². The number of hydrogen-bond donors (Lipinski definition) is 2. The summed E-state index contributed by atoms with van der Waals surface area (Å²) >= 11 is 0. The molecule has 0 unspecified atom stereocenters. The van der Waals surface area contributed by atoms with Crippen LogP contribution in [0.1, 0.15) is 33.8 Å². The quantitative estimate of drug-likeness (QED) is 0.712. The van der Waals surface area contributed by atoms with E-state index in [-0.39, 0.29) is 17.4 Å². The van der Waals surface area contributed by atoms with Gasteiger partial charge in [0, 0.05) is 17.3 Å². The van der Waals surface area contributed by atoms with E-state index in [2.05, 4.69) is 10.6 Å². The molecule has 1 aliphatic carbocycles. The van der Waals surface area contributed by atoms with Crippen LogP contribution in [0, 0.1) is 5.82 Å². The molecule has 0 bridgehead atoms. The van der Waals surface area contributed by atoms with Gasteiger partial charge in [0.25, 0.3) is 11.8 Å². The molecule has 1 fully saturated rings. The molecule has 1 heterocycles. The first kappa shape index (κ1) is 17.0. The molecule has 1 aromatic heterocycles. The Kier molecular flexibility index (Phi) is 4.46. The lowest BCUT2D eigenvalue weighted by Gasteiger charge is -2.06. The van der Waals surface area contributed by atoms with Crippen molar-refractivity contribution in [2.45, 2.75) is 18.9 Å². The van der Waals surface area contributed by atoms with Crippen molar-refractivity contribution in [1.29, 1.82) is 0 Å². The van der Waals surface area contributed by atoms with Gasteiger partial charge in [-0.05, 0) is 61.4 Å². The van der Waals surface area contributed by atoms with Gasteiger partial charge < -0.3 is 15.1 Å². The van der Waals surface area contributed by atoms with Crippen molar-refractivity contribution < 1.29 is 18.4 Å². The highest BCUT2D eigenvalue weighted by molar-refractivity contribution is 6.03. The van der Waals surface area contributed by atoms with Gasteiger partial charge in [0.15, 0.2) is 5.76 Å². The number of furan rings is 1. The van der Waals surface area contributed by atoms with Crippen molar-refractivity contribution in [3.63, 3.8) is 0 Å². The van der Waals surface area contributed by atoms with Crippen molar-refractivity contribution in [1.82, 2.24) is 5.32 Å². The molecular formula is C21H17FN2O3. The minimum atomic E-state index is -0.451. The lowest BCUT2D eigenvalue weighted by atomic mass is 10.1. The maximum Gasteiger partial charge on any atom is 0.291 e. The van der Waals surface area contributed by atoms with Gasteiger partial charge >= 0.3 is 0 Å². The van der Waals surface area contributed by atoms with Crippen molar-refractivity contribution in [2.75, 3.05) is 5.32 Å². The standard InChI is InChI=1S/C21H17FN2O3/c22-17-4-2-1-3-16(17)18-11-12-19(27-18)21(26)24-14-7-5-13(6-8-14)20(25)23-15-9-10-15/h1-8,11-12,15H,9-10H2,(H,23,25)(H,24,26). The molecule has 2 aromatic carbocycles. The summed E-state index contributed by atoms with van der Waals surface area (Å²) in [7, 11) is 0. The number of anilines is 1. The zero-order valence-corrected chi connectivity index (χ0v) is 14.4. The van der Waals surface area contributed by atoms with E-state index in [1.54, 1.807) is 48.5 Å². The van der Waals surface area contributed by atoms with Crippen LogP contribution in [0.2, 0.25) is 0 Å². The molecular weight excluding hydrogens is 347 g/mol. The number of carbonyl (C=O) groups excluding carboxylic acids is 2. The van der Waals surface area contributed by atoms with Gasteiger partial charge in [0.1, 0.15) is 11.6 Å². The van der Waals surface area contributed by atoms with Gasteiger partial charge in [-0.3, -0.25) is 9.59 Å². The molecule has 0 radical (unpaired) electrons. The first-order valence-corrected chi connectivity index (χ1v) is 8.67. The van der Waals surface area contributed by atoms with Gasteiger partial charge in [0.05, 0.1) is 5.56 Å². The van der Waals surface area contributed by atoms with E-state index in [1.807, 2.05) is 0 Å². The molecule has 27 heavy (non-hydrogen) atoms. The average Bonchev–Trinajstić information content (AvgIpc) is 3.34. The fourth-order valence-electron chi connectivity index (χ4n) is 2.66. The van der Waals surface area contributed by atoms with Crippen LogP contribution in [-0.4, -0.2) is 17.9 Å². The molecule has 1 saturated carbocycles. The summed E-state index contributed by atoms with van der Waals surface area (Å²) in [6.07, 6.45) is 2.05. The Morgan fingerprint density at radius 3 is 2.37 bits per heavy atom. The normalized spacial score (nSPS) is 13.2. The van der Waals surface area contributed by atoms with Crippen LogP contribution in [0.25, 0.3) is 11.3 Å². The fraction of sp³-hybridized carbons (Fsp3) is 0.143. The summed E-state index contributed by atoms with van der Waals surface area (Å²) in [5.41, 5.74) is 1.37. The molecule has 1 aliphatic rings. The van der Waals surface area contributed by atoms with Gasteiger partial charge in [-0.15, -0.1) is 0 Å². The van der Waals surface area contributed by atoms with Crippen molar-refractivity contribution >= 4 is 17.5 Å². The van der Waals surface area contributed by atoms with E-state index < -0.39 is 11.7 Å². The lowest BCUT2D eigenvalue weighted by molar-refractivity contribution is 0.0950. The highest BCUT2D eigenvalue weighted by atomic mass is 19.1. The summed E-state index contributed by atoms with van der Waals surface area (Å²) in [5.74, 6) is -0.628. The number of carbonyl (C=O) groups is 2. The molecule has 0 spiro atoms. The summed E-state index contributed by atoms with van der Waals surface area (Å²) in [6.45, 7) is 0. The van der Waals surface area contributed by atoms with Crippen LogP contribution in [0.3, 0.4) is 0 Å². The van der Waals surface area contributed by atoms with Gasteiger partial charge in [-0.2, -0.15) is 0 Å². The summed E-state index contributed by atoms with van der Waals surface area (Å²) < 4.78 is 19.3. The third kappa shape index (κ3) is 3.89. The summed E-state index contributed by atoms with van der Waals surface area (Å²) in [6, 6.07) is 16.2. The smallest absolute Gasteiger partial charge is 0.291 e. The lowest BCUT2D eigenvalue weighted by Crippen LogP contribution is -2.25. The maximum absolute atomic E-state index is 13.8. The SMILES string of the molecule is O=C(NC1CC1)c1ccc(NC(=O)c2ccc(-c3ccccc3F)o2)cc1. The van der Waals surface area contributed by atoms with Crippen LogP contribution in [-0.2, 0) is 0 Å². The van der Waals surface area contributed by atoms with E-state index in [1.165, 1.54) is 12.1 Å². The van der Waals surface area contributed by atoms with Gasteiger partial charge in [0.2, 0.25) is 0 Å². The van der Waals surface area contributed by atoms with Crippen molar-refractivity contribution in [3.8, 4) is 11.3 Å². The Hall–Kier alpha value is -3.41. The molecule has 5 nitrogen and oxygen atoms in total. The number of halogens is 1. The Bertz CT molecular complexity index is 991. The second-order valence-corrected chi connectivity index (χ2v) is 6.42. The van der Waals surface area contributed by atoms with E-state index >= 15 is 0 Å². The molecule has 0 atom stereocenters. The molecule has 0 aliphatic heterocycles. The topological polar surface area (TPSA) is 71.3 Å². The molecule has 3 aromatic rings. The first-order chi connectivity index (χ1) is 13.1. The Morgan fingerprint density at radius 1 is 0.926 bits per heavy atom. The van der Waals surface area contributed by atoms with Gasteiger partial charge in [-0.25, -0.2) is 4.39 Å². The van der Waals surface area contributed by atoms with Crippen molar-refractivity contribution in [2.24, 2.45) is 0 Å². The molecule has 2 amide bonds. The molecule has 4 rings (SSSR count). The number of amides is 2. The summed E-state index contributed by atoms with van der Waals surface area (Å²) in [4.78, 5) is 24.3. The third-order valence-electron chi connectivity index (χ3n) is 4.29. The number of rotatable bonds is 5. The monoisotopic (exact) mass is 364 g/mol. The van der Waals surface area contributed by atoms with Crippen LogP contribution in [0.4, 0.5) is 10.1 Å². The zero-order chi connectivity index (χ0) is 18.8. The number of hydrogen-bond acceptors (Lipinski definition) is 3. The number of benzene rings is 2. The van der Waals surface area contributed by atoms with Crippen molar-refractivity contribution in [3.05, 3.63) is 77.8 Å². The maximum atomic E-state index is 13.8. The average molecular weight is 364 g/mol. The minimum Gasteiger partial charge on any atom is -0.451 e.